The maximum absolute atomic E-state index is 11.2. The zero-order valence-corrected chi connectivity index (χ0v) is 15.7. The molecule has 1 rings (SSSR count). The van der Waals surface area contributed by atoms with Gasteiger partial charge in [0.05, 0.1) is 8.07 Å². The largest absolute Gasteiger partial charge is 0.382 e. The van der Waals surface area contributed by atoms with Crippen molar-refractivity contribution in [1.29, 1.82) is 0 Å². The Morgan fingerprint density at radius 2 is 1.77 bits per heavy atom. The van der Waals surface area contributed by atoms with Crippen LogP contribution in [0.1, 0.15) is 32.3 Å². The first-order valence-corrected chi connectivity index (χ1v) is 11.4. The highest BCUT2D eigenvalue weighted by Gasteiger charge is 2.34. The lowest BCUT2D eigenvalue weighted by atomic mass is 9.95. The van der Waals surface area contributed by atoms with Crippen molar-refractivity contribution >= 4 is 14.1 Å². The Bertz CT molecular complexity index is 545. The quantitative estimate of drug-likeness (QED) is 0.512. The summed E-state index contributed by atoms with van der Waals surface area (Å²) in [4.78, 5) is 0. The summed E-state index contributed by atoms with van der Waals surface area (Å²) in [6.07, 6.45) is 7.67. The summed E-state index contributed by atoms with van der Waals surface area (Å²) in [7, 11) is -1.63. The molecule has 0 fully saturated rings. The van der Waals surface area contributed by atoms with Gasteiger partial charge in [-0.25, -0.2) is 0 Å². The number of benzene rings is 1. The molecule has 120 valence electrons. The minimum absolute atomic E-state index is 0.685. The van der Waals surface area contributed by atoms with Crippen LogP contribution in [0.5, 0.6) is 0 Å². The zero-order valence-electron chi connectivity index (χ0n) is 14.7. The van der Waals surface area contributed by atoms with Gasteiger partial charge in [0, 0.05) is 0 Å². The topological polar surface area (TPSA) is 20.2 Å². The predicted octanol–water partition coefficient (Wildman–Crippen LogP) is 5.61. The molecule has 0 saturated heterocycles. The molecule has 22 heavy (non-hydrogen) atoms. The molecule has 1 aromatic rings. The highest BCUT2D eigenvalue weighted by molar-refractivity contribution is 6.83. The fourth-order valence-electron chi connectivity index (χ4n) is 2.36. The summed E-state index contributed by atoms with van der Waals surface area (Å²) >= 11 is 0. The van der Waals surface area contributed by atoms with E-state index in [0.29, 0.717) is 6.42 Å². The standard InChI is InChI=1S/C20H30OSi/c1-17(2)11-10-15-20(21,18(3)22(4,5)6)16-14-19-12-8-7-9-13-19/h7-9,11-14,16,21H,3,10,15H2,1-2,4-6H3/b16-14+. The summed E-state index contributed by atoms with van der Waals surface area (Å²) in [6.45, 7) is 15.1. The summed E-state index contributed by atoms with van der Waals surface area (Å²) in [6, 6.07) is 10.1. The lowest BCUT2D eigenvalue weighted by Gasteiger charge is -2.34. The van der Waals surface area contributed by atoms with Gasteiger partial charge in [-0.1, -0.05) is 72.9 Å². The molecule has 0 spiro atoms. The maximum atomic E-state index is 11.2. The highest BCUT2D eigenvalue weighted by Crippen LogP contribution is 2.31. The smallest absolute Gasteiger partial charge is 0.101 e. The Morgan fingerprint density at radius 3 is 2.27 bits per heavy atom. The second-order valence-corrected chi connectivity index (χ2v) is 12.3. The first-order valence-electron chi connectivity index (χ1n) is 7.95. The van der Waals surface area contributed by atoms with Crippen LogP contribution in [0.3, 0.4) is 0 Å². The number of allylic oxidation sites excluding steroid dienone is 2. The van der Waals surface area contributed by atoms with Gasteiger partial charge in [-0.15, -0.1) is 6.58 Å². The minimum Gasteiger partial charge on any atom is -0.382 e. The Balaban J connectivity index is 3.02. The minimum atomic E-state index is -1.63. The summed E-state index contributed by atoms with van der Waals surface area (Å²) in [5, 5.41) is 12.2. The number of hydrogen-bond acceptors (Lipinski definition) is 1. The van der Waals surface area contributed by atoms with Gasteiger partial charge < -0.3 is 5.11 Å². The van der Waals surface area contributed by atoms with Gasteiger partial charge in [0.1, 0.15) is 5.60 Å². The van der Waals surface area contributed by atoms with E-state index in [0.717, 1.165) is 17.2 Å². The van der Waals surface area contributed by atoms with Crippen molar-refractivity contribution in [3.05, 3.63) is 65.4 Å². The van der Waals surface area contributed by atoms with E-state index in [1.165, 1.54) is 5.57 Å². The lowest BCUT2D eigenvalue weighted by molar-refractivity contribution is 0.128. The molecule has 0 radical (unpaired) electrons. The Hall–Kier alpha value is -1.38. The molecule has 0 amide bonds. The molecule has 0 saturated carbocycles. The van der Waals surface area contributed by atoms with Crippen molar-refractivity contribution in [2.24, 2.45) is 0 Å². The van der Waals surface area contributed by atoms with Crippen LogP contribution in [0.4, 0.5) is 0 Å². The normalized spacial score (nSPS) is 14.6. The van der Waals surface area contributed by atoms with Gasteiger partial charge >= 0.3 is 0 Å². The van der Waals surface area contributed by atoms with E-state index in [2.05, 4.69) is 46.1 Å². The van der Waals surface area contributed by atoms with Crippen molar-refractivity contribution in [3.8, 4) is 0 Å². The molecule has 0 bridgehead atoms. The van der Waals surface area contributed by atoms with Crippen LogP contribution in [0.15, 0.2) is 59.8 Å². The number of aliphatic hydroxyl groups is 1. The van der Waals surface area contributed by atoms with E-state index in [1.807, 2.05) is 42.5 Å². The molecule has 1 nitrogen and oxygen atoms in total. The van der Waals surface area contributed by atoms with Gasteiger partial charge in [-0.05, 0) is 38.3 Å². The fourth-order valence-corrected chi connectivity index (χ4v) is 3.87. The van der Waals surface area contributed by atoms with Crippen LogP contribution >= 0.6 is 0 Å². The maximum Gasteiger partial charge on any atom is 0.101 e. The van der Waals surface area contributed by atoms with E-state index in [4.69, 9.17) is 0 Å². The zero-order chi connectivity index (χ0) is 16.8. The van der Waals surface area contributed by atoms with Crippen LogP contribution in [0, 0.1) is 0 Å². The summed E-state index contributed by atoms with van der Waals surface area (Å²) in [5.41, 5.74) is 1.46. The Labute approximate surface area is 137 Å². The van der Waals surface area contributed by atoms with Gasteiger partial charge in [-0.3, -0.25) is 0 Å². The molecule has 0 heterocycles. The van der Waals surface area contributed by atoms with E-state index < -0.39 is 13.7 Å². The van der Waals surface area contributed by atoms with Crippen LogP contribution in [0.2, 0.25) is 19.6 Å². The molecule has 0 aliphatic carbocycles. The Morgan fingerprint density at radius 1 is 1.18 bits per heavy atom. The van der Waals surface area contributed by atoms with Crippen LogP contribution in [0.25, 0.3) is 6.08 Å². The van der Waals surface area contributed by atoms with Crippen LogP contribution in [-0.2, 0) is 0 Å². The molecule has 1 unspecified atom stereocenters. The van der Waals surface area contributed by atoms with E-state index in [-0.39, 0.29) is 0 Å². The third-order valence-corrected chi connectivity index (χ3v) is 6.10. The van der Waals surface area contributed by atoms with Crippen LogP contribution in [-0.4, -0.2) is 18.8 Å². The first-order chi connectivity index (χ1) is 10.1. The average Bonchev–Trinajstić information content (AvgIpc) is 2.44. The van der Waals surface area contributed by atoms with Gasteiger partial charge in [0.25, 0.3) is 0 Å². The van der Waals surface area contributed by atoms with Crippen molar-refractivity contribution in [1.82, 2.24) is 0 Å². The van der Waals surface area contributed by atoms with Crippen LogP contribution < -0.4 is 0 Å². The second kappa shape index (κ2) is 7.75. The predicted molar refractivity (Wildman–Crippen MR) is 102 cm³/mol. The molecule has 1 N–H and O–H groups in total. The molecule has 0 aromatic heterocycles. The van der Waals surface area contributed by atoms with Gasteiger partial charge in [0.2, 0.25) is 0 Å². The summed E-state index contributed by atoms with van der Waals surface area (Å²) in [5.74, 6) is 0. The Kier molecular flexibility index (Phi) is 6.58. The first kappa shape index (κ1) is 18.7. The van der Waals surface area contributed by atoms with Gasteiger partial charge in [0.15, 0.2) is 0 Å². The van der Waals surface area contributed by atoms with Crippen molar-refractivity contribution in [2.75, 3.05) is 0 Å². The monoisotopic (exact) mass is 314 g/mol. The van der Waals surface area contributed by atoms with Crippen molar-refractivity contribution in [3.63, 3.8) is 0 Å². The molecule has 0 aliphatic heterocycles. The molecule has 2 heteroatoms. The second-order valence-electron chi connectivity index (χ2n) is 7.22. The van der Waals surface area contributed by atoms with Gasteiger partial charge in [-0.2, -0.15) is 0 Å². The number of hydrogen-bond donors (Lipinski definition) is 1. The third kappa shape index (κ3) is 5.78. The number of rotatable bonds is 7. The summed E-state index contributed by atoms with van der Waals surface area (Å²) < 4.78 is 0. The van der Waals surface area contributed by atoms with E-state index in [9.17, 15) is 5.11 Å². The average molecular weight is 315 g/mol. The third-order valence-electron chi connectivity index (χ3n) is 3.86. The van der Waals surface area contributed by atoms with E-state index >= 15 is 0 Å². The molecular weight excluding hydrogens is 284 g/mol. The molecule has 1 atom stereocenters. The molecular formula is C20H30OSi. The molecule has 0 aliphatic rings. The van der Waals surface area contributed by atoms with E-state index in [1.54, 1.807) is 0 Å². The van der Waals surface area contributed by atoms with Crippen molar-refractivity contribution < 1.29 is 5.11 Å². The SMILES string of the molecule is C=C(C(O)(/C=C/c1ccccc1)CCC=C(C)C)[Si](C)(C)C. The fraction of sp³-hybridized carbons (Fsp3) is 0.400. The van der Waals surface area contributed by atoms with Crippen molar-refractivity contribution in [2.45, 2.75) is 51.9 Å². The molecule has 1 aromatic carbocycles. The highest BCUT2D eigenvalue weighted by atomic mass is 28.3. The lowest BCUT2D eigenvalue weighted by Crippen LogP contribution is -2.40.